The normalized spacial score (nSPS) is 28.4. The average molecular weight is 879 g/mol. The number of rotatable bonds is 8. The molecule has 10 rings (SSSR count). The van der Waals surface area contributed by atoms with Gasteiger partial charge in [-0.05, 0) is 138 Å². The number of aliphatic hydroxyl groups is 2. The van der Waals surface area contributed by atoms with Gasteiger partial charge in [0.15, 0.2) is 0 Å². The van der Waals surface area contributed by atoms with Crippen LogP contribution in [-0.2, 0) is 9.59 Å². The highest BCUT2D eigenvalue weighted by atomic mass is 19.1. The summed E-state index contributed by atoms with van der Waals surface area (Å²) in [7, 11) is 0. The molecule has 6 aliphatic rings. The third-order valence-corrected chi connectivity index (χ3v) is 14.7. The van der Waals surface area contributed by atoms with Crippen LogP contribution in [0, 0.1) is 22.5 Å². The summed E-state index contributed by atoms with van der Waals surface area (Å²) in [5.74, 6) is 1.73. The molecule has 0 unspecified atom stereocenters. The molecule has 2 amide bonds. The number of benzene rings is 2. The van der Waals surface area contributed by atoms with Crippen LogP contribution < -0.4 is 19.3 Å². The van der Waals surface area contributed by atoms with E-state index in [1.807, 2.05) is 9.80 Å². The van der Waals surface area contributed by atoms with Crippen LogP contribution in [0.25, 0.3) is 0 Å². The smallest absolute Gasteiger partial charge is 0.230 e. The second kappa shape index (κ2) is 19.0. The zero-order chi connectivity index (χ0) is 44.3. The van der Waals surface area contributed by atoms with Gasteiger partial charge in [-0.1, -0.05) is 0 Å². The van der Waals surface area contributed by atoms with Gasteiger partial charge in [-0.2, -0.15) is 0 Å². The van der Waals surface area contributed by atoms with E-state index in [4.69, 9.17) is 9.47 Å². The summed E-state index contributed by atoms with van der Waals surface area (Å²) < 4.78 is 41.5. The van der Waals surface area contributed by atoms with Gasteiger partial charge in [0, 0.05) is 75.9 Å². The van der Waals surface area contributed by atoms with Crippen LogP contribution in [-0.4, -0.2) is 105 Å². The number of halogens is 2. The fourth-order valence-electron chi connectivity index (χ4n) is 11.3. The Morgan fingerprint density at radius 1 is 0.547 bits per heavy atom. The summed E-state index contributed by atoms with van der Waals surface area (Å²) in [4.78, 5) is 43.2. The highest BCUT2D eigenvalue weighted by Gasteiger charge is 2.52. The molecule has 6 heterocycles. The largest absolute Gasteiger partial charge is 0.456 e. The Morgan fingerprint density at radius 2 is 0.969 bits per heavy atom. The summed E-state index contributed by atoms with van der Waals surface area (Å²) in [6.07, 6.45) is 17.7. The van der Waals surface area contributed by atoms with Crippen molar-refractivity contribution < 1.29 is 38.1 Å². The van der Waals surface area contributed by atoms with E-state index in [0.29, 0.717) is 47.5 Å². The molecule has 2 spiro atoms. The molecule has 340 valence electrons. The van der Waals surface area contributed by atoms with Gasteiger partial charge in [-0.3, -0.25) is 19.6 Å². The molecule has 2 N–H and O–H groups in total. The second-order valence-corrected chi connectivity index (χ2v) is 18.8. The van der Waals surface area contributed by atoms with E-state index in [1.54, 1.807) is 73.3 Å². The topological polar surface area (TPSA) is 132 Å². The lowest BCUT2D eigenvalue weighted by molar-refractivity contribution is -0.140. The average Bonchev–Trinajstić information content (AvgIpc) is 3.78. The Balaban J connectivity index is 0.000000162. The van der Waals surface area contributed by atoms with E-state index >= 15 is 8.78 Å². The van der Waals surface area contributed by atoms with E-state index in [2.05, 4.69) is 19.8 Å². The quantitative estimate of drug-likeness (QED) is 0.178. The number of pyridine rings is 2. The van der Waals surface area contributed by atoms with Crippen LogP contribution in [0.15, 0.2) is 85.5 Å². The van der Waals surface area contributed by atoms with Crippen molar-refractivity contribution in [2.75, 3.05) is 49.1 Å². The molecule has 0 radical (unpaired) electrons. The summed E-state index contributed by atoms with van der Waals surface area (Å²) in [5.41, 5.74) is 0.196. The first-order chi connectivity index (χ1) is 31.1. The number of carbonyl (C=O) groups is 2. The van der Waals surface area contributed by atoms with Crippen molar-refractivity contribution in [3.8, 4) is 23.0 Å². The van der Waals surface area contributed by atoms with Gasteiger partial charge in [-0.25, -0.2) is 8.78 Å². The van der Waals surface area contributed by atoms with Crippen LogP contribution >= 0.6 is 0 Å². The minimum atomic E-state index is -0.425. The standard InChI is InChI=1S/2C25H30FN3O3/c2*26-22-15-20(32-21-3-1-12-27-16-21)8-9-23(22)28-13-2-10-25(17-28)11-14-29(24(25)31)18-4-6-19(30)7-5-18/h2*1,3,8-9,12,15-16,18-19,30H,2,4-7,10-11,13-14,17H2/t2*18?,19?,25-/m00/s1. The van der Waals surface area contributed by atoms with Gasteiger partial charge in [-0.15, -0.1) is 0 Å². The van der Waals surface area contributed by atoms with Crippen molar-refractivity contribution in [2.45, 2.75) is 114 Å². The molecule has 4 aromatic rings. The van der Waals surface area contributed by atoms with Gasteiger partial charge in [0.05, 0.1) is 46.8 Å². The number of anilines is 2. The van der Waals surface area contributed by atoms with Crippen molar-refractivity contribution in [3.63, 3.8) is 0 Å². The zero-order valence-corrected chi connectivity index (χ0v) is 36.5. The maximum atomic E-state index is 15.1. The van der Waals surface area contributed by atoms with Crippen LogP contribution in [0.3, 0.4) is 0 Å². The molecular weight excluding hydrogens is 819 g/mol. The predicted octanol–water partition coefficient (Wildman–Crippen LogP) is 8.27. The van der Waals surface area contributed by atoms with Crippen molar-refractivity contribution in [2.24, 2.45) is 10.8 Å². The first kappa shape index (κ1) is 43.9. The first-order valence-corrected chi connectivity index (χ1v) is 23.3. The second-order valence-electron chi connectivity index (χ2n) is 18.8. The fourth-order valence-corrected chi connectivity index (χ4v) is 11.3. The fraction of sp³-hybridized carbons (Fsp3) is 0.520. The lowest BCUT2D eigenvalue weighted by atomic mass is 9.78. The van der Waals surface area contributed by atoms with Crippen molar-refractivity contribution >= 4 is 23.2 Å². The molecule has 64 heavy (non-hydrogen) atoms. The number of hydrogen-bond acceptors (Lipinski definition) is 10. The molecule has 6 fully saturated rings. The molecule has 2 atom stereocenters. The predicted molar refractivity (Wildman–Crippen MR) is 238 cm³/mol. The number of ether oxygens (including phenoxy) is 2. The van der Waals surface area contributed by atoms with Crippen molar-refractivity contribution in [1.82, 2.24) is 19.8 Å². The Labute approximate surface area is 374 Å². The highest BCUT2D eigenvalue weighted by molar-refractivity contribution is 5.87. The van der Waals surface area contributed by atoms with Crippen molar-refractivity contribution in [1.29, 1.82) is 0 Å². The maximum absolute atomic E-state index is 15.1. The molecule has 2 aliphatic carbocycles. The van der Waals surface area contributed by atoms with Gasteiger partial charge in [0.25, 0.3) is 0 Å². The van der Waals surface area contributed by atoms with Crippen molar-refractivity contribution in [3.05, 3.63) is 97.1 Å². The van der Waals surface area contributed by atoms with Gasteiger partial charge in [0.1, 0.15) is 34.6 Å². The Kier molecular flexibility index (Phi) is 13.0. The lowest BCUT2D eigenvalue weighted by Crippen LogP contribution is -2.50. The molecule has 12 nitrogen and oxygen atoms in total. The minimum Gasteiger partial charge on any atom is -0.456 e. The summed E-state index contributed by atoms with van der Waals surface area (Å²) in [6, 6.07) is 17.4. The minimum absolute atomic E-state index is 0.223. The summed E-state index contributed by atoms with van der Waals surface area (Å²) in [5, 5.41) is 19.6. The SMILES string of the molecule is O=C1N(C2CCC(O)CC2)CC[C@]12CCCN(c1ccc(Oc3cccnc3)cc1F)C2.O=C1N(C2CCC(O)CC2)CC[C@]12CCCN(c1ccc(Oc3cccnc3)cc1F)C2. The molecule has 14 heteroatoms. The third kappa shape index (κ3) is 9.40. The number of nitrogens with zero attached hydrogens (tertiary/aromatic N) is 6. The number of likely N-dealkylation sites (tertiary alicyclic amines) is 2. The number of aliphatic hydroxyl groups excluding tert-OH is 2. The van der Waals surface area contributed by atoms with Gasteiger partial charge in [0.2, 0.25) is 11.8 Å². The van der Waals surface area contributed by atoms with Crippen LogP contribution in [0.4, 0.5) is 20.2 Å². The number of amides is 2. The van der Waals surface area contributed by atoms with Crippen LogP contribution in [0.2, 0.25) is 0 Å². The molecule has 4 aliphatic heterocycles. The molecule has 2 aromatic heterocycles. The van der Waals surface area contributed by atoms with E-state index in [0.717, 1.165) is 116 Å². The van der Waals surface area contributed by atoms with E-state index in [9.17, 15) is 19.8 Å². The molecular formula is C50H60F2N6O6. The highest BCUT2D eigenvalue weighted by Crippen LogP contribution is 2.46. The number of piperidine rings is 2. The lowest BCUT2D eigenvalue weighted by Gasteiger charge is -2.41. The number of aromatic nitrogens is 2. The van der Waals surface area contributed by atoms with E-state index < -0.39 is 10.8 Å². The Bertz CT molecular complexity index is 2090. The van der Waals surface area contributed by atoms with Crippen LogP contribution in [0.1, 0.15) is 89.9 Å². The van der Waals surface area contributed by atoms with E-state index in [1.165, 1.54) is 12.1 Å². The van der Waals surface area contributed by atoms with Gasteiger partial charge >= 0.3 is 0 Å². The maximum Gasteiger partial charge on any atom is 0.230 e. The summed E-state index contributed by atoms with van der Waals surface area (Å²) >= 11 is 0. The number of hydrogen-bond donors (Lipinski definition) is 2. The first-order valence-electron chi connectivity index (χ1n) is 23.3. The Hall–Kier alpha value is -5.34. The molecule has 2 saturated carbocycles. The van der Waals surface area contributed by atoms with Gasteiger partial charge < -0.3 is 39.3 Å². The number of carbonyl (C=O) groups excluding carboxylic acids is 2. The Morgan fingerprint density at radius 3 is 1.34 bits per heavy atom. The molecule has 4 saturated heterocycles. The third-order valence-electron chi connectivity index (χ3n) is 14.7. The molecule has 0 bridgehead atoms. The molecule has 2 aromatic carbocycles. The summed E-state index contributed by atoms with van der Waals surface area (Å²) in [6.45, 7) is 4.13. The van der Waals surface area contributed by atoms with E-state index in [-0.39, 0.29) is 47.7 Å². The van der Waals surface area contributed by atoms with Crippen LogP contribution in [0.5, 0.6) is 23.0 Å². The zero-order valence-electron chi connectivity index (χ0n) is 36.5. The monoisotopic (exact) mass is 878 g/mol.